The molecule has 5 heteroatoms. The molecule has 1 aromatic carbocycles. The van der Waals surface area contributed by atoms with Gasteiger partial charge < -0.3 is 15.8 Å². The number of amides is 1. The fourth-order valence-corrected chi connectivity index (χ4v) is 1.84. The number of hydrogen-bond acceptors (Lipinski definition) is 3. The van der Waals surface area contributed by atoms with Gasteiger partial charge >= 0.3 is 0 Å². The maximum absolute atomic E-state index is 11.7. The minimum absolute atomic E-state index is 0.125. The van der Waals surface area contributed by atoms with Crippen molar-refractivity contribution in [2.75, 3.05) is 7.11 Å². The lowest BCUT2D eigenvalue weighted by Crippen LogP contribution is -2.42. The lowest BCUT2D eigenvalue weighted by atomic mass is 10.2. The Kier molecular flexibility index (Phi) is 3.26. The number of carbonyl (C=O) groups excluding carboxylic acids is 1. The van der Waals surface area contributed by atoms with Crippen LogP contribution in [0.4, 0.5) is 0 Å². The summed E-state index contributed by atoms with van der Waals surface area (Å²) in [7, 11) is 1.57. The van der Waals surface area contributed by atoms with Gasteiger partial charge in [-0.3, -0.25) is 4.79 Å². The summed E-state index contributed by atoms with van der Waals surface area (Å²) in [6.07, 6.45) is 1.50. The molecule has 0 bridgehead atoms. The summed E-state index contributed by atoms with van der Waals surface area (Å²) in [6, 6.07) is 5.38. The Labute approximate surface area is 105 Å². The van der Waals surface area contributed by atoms with E-state index in [1.807, 2.05) is 6.07 Å². The Hall–Kier alpha value is -1.26. The molecule has 0 heterocycles. The van der Waals surface area contributed by atoms with Gasteiger partial charge in [0.05, 0.1) is 12.6 Å². The van der Waals surface area contributed by atoms with E-state index < -0.39 is 5.54 Å². The molecule has 0 atom stereocenters. The van der Waals surface area contributed by atoms with Crippen molar-refractivity contribution < 1.29 is 9.53 Å². The maximum Gasteiger partial charge on any atom is 0.240 e. The fraction of sp³-hybridized carbons (Fsp3) is 0.417. The Morgan fingerprint density at radius 3 is 2.88 bits per heavy atom. The van der Waals surface area contributed by atoms with E-state index in [9.17, 15) is 4.79 Å². The highest BCUT2D eigenvalue weighted by Crippen LogP contribution is 2.32. The SMILES string of the molecule is COc1cccc(Cl)c1CNC(=O)C1(N)CC1. The van der Waals surface area contributed by atoms with E-state index in [0.29, 0.717) is 17.3 Å². The van der Waals surface area contributed by atoms with E-state index in [2.05, 4.69) is 5.32 Å². The van der Waals surface area contributed by atoms with E-state index in [1.54, 1.807) is 19.2 Å². The highest BCUT2D eigenvalue weighted by Gasteiger charge is 2.45. The summed E-state index contributed by atoms with van der Waals surface area (Å²) in [5.74, 6) is 0.541. The van der Waals surface area contributed by atoms with Gasteiger partial charge in [-0.1, -0.05) is 17.7 Å². The van der Waals surface area contributed by atoms with E-state index in [1.165, 1.54) is 0 Å². The molecule has 17 heavy (non-hydrogen) atoms. The number of rotatable bonds is 4. The maximum atomic E-state index is 11.7. The van der Waals surface area contributed by atoms with Gasteiger partial charge in [-0.15, -0.1) is 0 Å². The quantitative estimate of drug-likeness (QED) is 0.855. The number of halogens is 1. The van der Waals surface area contributed by atoms with Crippen LogP contribution in [0.5, 0.6) is 5.75 Å². The molecular weight excluding hydrogens is 240 g/mol. The molecular formula is C12H15ClN2O2. The third-order valence-corrected chi connectivity index (χ3v) is 3.32. The van der Waals surface area contributed by atoms with Gasteiger partial charge in [0.25, 0.3) is 0 Å². The second kappa shape index (κ2) is 4.55. The van der Waals surface area contributed by atoms with Crippen LogP contribution in [0.3, 0.4) is 0 Å². The number of nitrogens with one attached hydrogen (secondary N) is 1. The van der Waals surface area contributed by atoms with Crippen molar-refractivity contribution in [3.63, 3.8) is 0 Å². The van der Waals surface area contributed by atoms with Crippen LogP contribution >= 0.6 is 11.6 Å². The zero-order valence-corrected chi connectivity index (χ0v) is 10.4. The van der Waals surface area contributed by atoms with Gasteiger partial charge in [0.1, 0.15) is 5.75 Å². The van der Waals surface area contributed by atoms with Crippen LogP contribution in [0.1, 0.15) is 18.4 Å². The number of nitrogens with two attached hydrogens (primary N) is 1. The Bertz CT molecular complexity index is 444. The van der Waals surface area contributed by atoms with Gasteiger partial charge in [-0.05, 0) is 25.0 Å². The summed E-state index contributed by atoms with van der Waals surface area (Å²) in [5, 5.41) is 3.36. The summed E-state index contributed by atoms with van der Waals surface area (Å²) in [6.45, 7) is 0.334. The highest BCUT2D eigenvalue weighted by atomic mass is 35.5. The summed E-state index contributed by atoms with van der Waals surface area (Å²) in [4.78, 5) is 11.7. The first-order valence-electron chi connectivity index (χ1n) is 5.45. The largest absolute Gasteiger partial charge is 0.496 e. The molecule has 0 aliphatic heterocycles. The molecule has 0 unspecified atom stereocenters. The zero-order valence-electron chi connectivity index (χ0n) is 9.63. The Morgan fingerprint density at radius 2 is 2.29 bits per heavy atom. The standard InChI is InChI=1S/C12H15ClN2O2/c1-17-10-4-2-3-9(13)8(10)7-15-11(16)12(14)5-6-12/h2-4H,5-7,14H2,1H3,(H,15,16). The van der Waals surface area contributed by atoms with Crippen molar-refractivity contribution in [3.05, 3.63) is 28.8 Å². The van der Waals surface area contributed by atoms with Crippen molar-refractivity contribution in [1.29, 1.82) is 0 Å². The number of ether oxygens (including phenoxy) is 1. The van der Waals surface area contributed by atoms with Gasteiger partial charge in [0.2, 0.25) is 5.91 Å². The molecule has 1 fully saturated rings. The van der Waals surface area contributed by atoms with E-state index in [4.69, 9.17) is 22.1 Å². The second-order valence-electron chi connectivity index (χ2n) is 4.26. The summed E-state index contributed by atoms with van der Waals surface area (Å²) >= 11 is 6.06. The van der Waals surface area contributed by atoms with Crippen LogP contribution in [0, 0.1) is 0 Å². The molecule has 0 radical (unpaired) electrons. The minimum atomic E-state index is -0.658. The highest BCUT2D eigenvalue weighted by molar-refractivity contribution is 6.31. The molecule has 1 aliphatic rings. The van der Waals surface area contributed by atoms with E-state index in [0.717, 1.165) is 18.4 Å². The van der Waals surface area contributed by atoms with Gasteiger partial charge in [-0.2, -0.15) is 0 Å². The molecule has 1 saturated carbocycles. The predicted molar refractivity (Wildman–Crippen MR) is 66.0 cm³/mol. The van der Waals surface area contributed by atoms with Crippen LogP contribution < -0.4 is 15.8 Å². The minimum Gasteiger partial charge on any atom is -0.496 e. The average molecular weight is 255 g/mol. The van der Waals surface area contributed by atoms with Gasteiger partial charge in [-0.25, -0.2) is 0 Å². The summed E-state index contributed by atoms with van der Waals surface area (Å²) < 4.78 is 5.19. The molecule has 0 aromatic heterocycles. The first kappa shape index (κ1) is 12.2. The Morgan fingerprint density at radius 1 is 1.59 bits per heavy atom. The zero-order chi connectivity index (χ0) is 12.5. The molecule has 2 rings (SSSR count). The molecule has 0 saturated heterocycles. The number of benzene rings is 1. The normalized spacial score (nSPS) is 16.4. The van der Waals surface area contributed by atoms with Gasteiger partial charge in [0.15, 0.2) is 0 Å². The monoisotopic (exact) mass is 254 g/mol. The van der Waals surface area contributed by atoms with Crippen LogP contribution in [-0.4, -0.2) is 18.6 Å². The lowest BCUT2D eigenvalue weighted by Gasteiger charge is -2.13. The van der Waals surface area contributed by atoms with Gasteiger partial charge in [0, 0.05) is 17.1 Å². The third-order valence-electron chi connectivity index (χ3n) is 2.96. The van der Waals surface area contributed by atoms with Crippen LogP contribution in [0.2, 0.25) is 5.02 Å². The average Bonchev–Trinajstić information content (AvgIpc) is 3.06. The van der Waals surface area contributed by atoms with E-state index in [-0.39, 0.29) is 5.91 Å². The Balaban J connectivity index is 2.05. The van der Waals surface area contributed by atoms with Crippen molar-refractivity contribution in [1.82, 2.24) is 5.32 Å². The first-order chi connectivity index (χ1) is 8.07. The lowest BCUT2D eigenvalue weighted by molar-refractivity contribution is -0.123. The predicted octanol–water partition coefficient (Wildman–Crippen LogP) is 1.46. The molecule has 1 amide bonds. The third kappa shape index (κ3) is 2.53. The molecule has 1 aromatic rings. The molecule has 92 valence electrons. The van der Waals surface area contributed by atoms with E-state index >= 15 is 0 Å². The summed E-state index contributed by atoms with van der Waals surface area (Å²) in [5.41, 5.74) is 5.90. The number of carbonyl (C=O) groups is 1. The second-order valence-corrected chi connectivity index (χ2v) is 4.67. The van der Waals surface area contributed by atoms with Crippen molar-refractivity contribution in [3.8, 4) is 5.75 Å². The van der Waals surface area contributed by atoms with Crippen molar-refractivity contribution in [2.24, 2.45) is 5.73 Å². The molecule has 4 nitrogen and oxygen atoms in total. The molecule has 3 N–H and O–H groups in total. The number of hydrogen-bond donors (Lipinski definition) is 2. The fourth-order valence-electron chi connectivity index (χ4n) is 1.61. The van der Waals surface area contributed by atoms with Crippen molar-refractivity contribution in [2.45, 2.75) is 24.9 Å². The number of methoxy groups -OCH3 is 1. The van der Waals surface area contributed by atoms with Crippen LogP contribution in [0.25, 0.3) is 0 Å². The topological polar surface area (TPSA) is 64.3 Å². The smallest absolute Gasteiger partial charge is 0.240 e. The van der Waals surface area contributed by atoms with Crippen LogP contribution in [0.15, 0.2) is 18.2 Å². The molecule has 1 aliphatic carbocycles. The van der Waals surface area contributed by atoms with Crippen LogP contribution in [-0.2, 0) is 11.3 Å². The first-order valence-corrected chi connectivity index (χ1v) is 5.83. The molecule has 0 spiro atoms. The van der Waals surface area contributed by atoms with Crippen molar-refractivity contribution >= 4 is 17.5 Å².